The number of nitriles is 2. The summed E-state index contributed by atoms with van der Waals surface area (Å²) in [6.45, 7) is 2.20. The Labute approximate surface area is 182 Å². The molecule has 2 bridgehead atoms. The van der Waals surface area contributed by atoms with Gasteiger partial charge in [0, 0.05) is 41.9 Å². The van der Waals surface area contributed by atoms with Gasteiger partial charge < -0.3 is 9.67 Å². The van der Waals surface area contributed by atoms with Gasteiger partial charge in [-0.15, -0.1) is 0 Å². The number of aliphatic hydroxyl groups is 1. The number of aliphatic hydroxyl groups excluding tert-OH is 1. The van der Waals surface area contributed by atoms with Crippen LogP contribution in [0.25, 0.3) is 5.69 Å². The van der Waals surface area contributed by atoms with Gasteiger partial charge in [0.05, 0.1) is 36.0 Å². The number of carbonyl (C=O) groups is 1. The maximum Gasteiger partial charge on any atom is 0.178 e. The summed E-state index contributed by atoms with van der Waals surface area (Å²) in [6, 6.07) is 13.6. The van der Waals surface area contributed by atoms with Crippen molar-refractivity contribution in [1.29, 1.82) is 10.5 Å². The Balaban J connectivity index is 1.67. The predicted octanol–water partition coefficient (Wildman–Crippen LogP) is 3.09. The molecule has 2 aliphatic rings. The third-order valence-corrected chi connectivity index (χ3v) is 6.35. The summed E-state index contributed by atoms with van der Waals surface area (Å²) in [5.41, 5.74) is 3.50. The minimum atomic E-state index is -0.336. The van der Waals surface area contributed by atoms with Gasteiger partial charge in [0.15, 0.2) is 5.78 Å². The van der Waals surface area contributed by atoms with E-state index in [1.807, 2.05) is 29.7 Å². The number of benzene rings is 1. The fourth-order valence-corrected chi connectivity index (χ4v) is 4.84. The summed E-state index contributed by atoms with van der Waals surface area (Å²) in [5, 5.41) is 28.0. The van der Waals surface area contributed by atoms with E-state index in [9.17, 15) is 9.90 Å². The third kappa shape index (κ3) is 3.99. The number of ketones is 1. The van der Waals surface area contributed by atoms with Crippen LogP contribution < -0.4 is 0 Å². The number of carbonyl (C=O) groups excluding carboxylic acids is 1. The number of aromatic nitrogens is 1. The summed E-state index contributed by atoms with van der Waals surface area (Å²) in [4.78, 5) is 15.4. The highest BCUT2D eigenvalue weighted by Gasteiger charge is 2.46. The highest BCUT2D eigenvalue weighted by molar-refractivity contribution is 5.99. The summed E-state index contributed by atoms with van der Waals surface area (Å²) in [6.07, 6.45) is 3.22. The van der Waals surface area contributed by atoms with Crippen molar-refractivity contribution in [2.24, 2.45) is 0 Å². The second-order valence-corrected chi connectivity index (χ2v) is 8.18. The lowest BCUT2D eigenvalue weighted by atomic mass is 9.98. The minimum Gasteiger partial charge on any atom is -0.391 e. The van der Waals surface area contributed by atoms with Gasteiger partial charge in [-0.25, -0.2) is 0 Å². The van der Waals surface area contributed by atoms with E-state index in [2.05, 4.69) is 28.9 Å². The largest absolute Gasteiger partial charge is 0.391 e. The fourth-order valence-electron chi connectivity index (χ4n) is 4.84. The Morgan fingerprint density at radius 2 is 1.97 bits per heavy atom. The van der Waals surface area contributed by atoms with Gasteiger partial charge in [-0.05, 0) is 62.4 Å². The first-order valence-corrected chi connectivity index (χ1v) is 10.6. The topological polar surface area (TPSA) is 93.1 Å². The van der Waals surface area contributed by atoms with Crippen LogP contribution in [0.4, 0.5) is 0 Å². The molecule has 2 aromatic rings. The van der Waals surface area contributed by atoms with E-state index in [0.717, 1.165) is 30.6 Å². The van der Waals surface area contributed by atoms with E-state index in [0.29, 0.717) is 36.2 Å². The molecule has 1 aromatic heterocycles. The van der Waals surface area contributed by atoms with Gasteiger partial charge in [0.25, 0.3) is 0 Å². The summed E-state index contributed by atoms with van der Waals surface area (Å²) < 4.78 is 1.93. The van der Waals surface area contributed by atoms with Crippen molar-refractivity contribution in [3.05, 3.63) is 52.8 Å². The van der Waals surface area contributed by atoms with Gasteiger partial charge in [0.1, 0.15) is 0 Å². The number of rotatable bonds is 5. The monoisotopic (exact) mass is 412 g/mol. The van der Waals surface area contributed by atoms with Crippen LogP contribution in [0.15, 0.2) is 30.3 Å². The second-order valence-electron chi connectivity index (χ2n) is 8.18. The zero-order chi connectivity index (χ0) is 22.0. The maximum absolute atomic E-state index is 13.2. The van der Waals surface area contributed by atoms with Gasteiger partial charge in [-0.1, -0.05) is 5.92 Å². The normalized spacial score (nSPS) is 21.9. The Morgan fingerprint density at radius 3 is 2.58 bits per heavy atom. The zero-order valence-electron chi connectivity index (χ0n) is 17.5. The van der Waals surface area contributed by atoms with E-state index in [-0.39, 0.29) is 24.0 Å². The molecule has 3 atom stereocenters. The Bertz CT molecular complexity index is 1140. The Morgan fingerprint density at radius 1 is 1.19 bits per heavy atom. The quantitative estimate of drug-likeness (QED) is 0.463. The van der Waals surface area contributed by atoms with E-state index < -0.39 is 0 Å². The molecule has 1 N–H and O–H groups in total. The van der Waals surface area contributed by atoms with Crippen molar-refractivity contribution in [3.63, 3.8) is 0 Å². The van der Waals surface area contributed by atoms with Crippen LogP contribution in [-0.4, -0.2) is 45.1 Å². The molecule has 156 valence electrons. The molecule has 4 rings (SSSR count). The lowest BCUT2D eigenvalue weighted by Crippen LogP contribution is -2.36. The third-order valence-electron chi connectivity index (χ3n) is 6.35. The summed E-state index contributed by atoms with van der Waals surface area (Å²) >= 11 is 0. The fraction of sp³-hybridized carbons (Fsp3) is 0.400. The second kappa shape index (κ2) is 8.78. The van der Waals surface area contributed by atoms with Gasteiger partial charge in [0.2, 0.25) is 0 Å². The Kier molecular flexibility index (Phi) is 5.92. The molecule has 3 heterocycles. The smallest absolute Gasteiger partial charge is 0.178 e. The van der Waals surface area contributed by atoms with Crippen molar-refractivity contribution in [3.8, 4) is 29.7 Å². The van der Waals surface area contributed by atoms with Crippen LogP contribution in [0.1, 0.15) is 59.4 Å². The van der Waals surface area contributed by atoms with Crippen LogP contribution in [-0.2, 0) is 0 Å². The molecule has 2 aliphatic heterocycles. The molecule has 1 aromatic carbocycles. The molecule has 2 fully saturated rings. The highest BCUT2D eigenvalue weighted by atomic mass is 16.3. The molecular weight excluding hydrogens is 388 g/mol. The first kappa shape index (κ1) is 20.9. The molecule has 0 radical (unpaired) electrons. The average molecular weight is 412 g/mol. The van der Waals surface area contributed by atoms with Crippen LogP contribution in [0.2, 0.25) is 0 Å². The van der Waals surface area contributed by atoms with Gasteiger partial charge in [-0.3, -0.25) is 9.69 Å². The van der Waals surface area contributed by atoms with Crippen molar-refractivity contribution < 1.29 is 9.90 Å². The molecule has 0 aliphatic carbocycles. The minimum absolute atomic E-state index is 0.0240. The molecule has 6 nitrogen and oxygen atoms in total. The molecule has 2 saturated heterocycles. The van der Waals surface area contributed by atoms with E-state index in [4.69, 9.17) is 10.5 Å². The van der Waals surface area contributed by atoms with Crippen LogP contribution in [0.3, 0.4) is 0 Å². The predicted molar refractivity (Wildman–Crippen MR) is 115 cm³/mol. The van der Waals surface area contributed by atoms with Crippen LogP contribution in [0.5, 0.6) is 0 Å². The van der Waals surface area contributed by atoms with Gasteiger partial charge >= 0.3 is 0 Å². The molecular formula is C25H24N4O2. The highest BCUT2D eigenvalue weighted by Crippen LogP contribution is 2.37. The number of hydrogen-bond acceptors (Lipinski definition) is 5. The van der Waals surface area contributed by atoms with E-state index >= 15 is 0 Å². The SMILES string of the molecule is Cc1c(C(=O)CN2C3CCC2[C@@H](O)C3)cc(C#CCCC#N)n1-c1ccc(C#N)cc1. The van der Waals surface area contributed by atoms with Crippen molar-refractivity contribution in [1.82, 2.24) is 9.47 Å². The summed E-state index contributed by atoms with van der Waals surface area (Å²) in [7, 11) is 0. The van der Waals surface area contributed by atoms with Crippen molar-refractivity contribution in [2.75, 3.05) is 6.54 Å². The molecule has 0 saturated carbocycles. The Hall–Kier alpha value is -3.37. The number of nitrogens with zero attached hydrogens (tertiary/aromatic N) is 4. The lowest BCUT2D eigenvalue weighted by molar-refractivity contribution is 0.0873. The molecule has 6 heteroatoms. The van der Waals surface area contributed by atoms with Crippen LogP contribution >= 0.6 is 0 Å². The molecule has 2 unspecified atom stereocenters. The number of fused-ring (bicyclic) bond motifs is 2. The van der Waals surface area contributed by atoms with Crippen molar-refractivity contribution >= 4 is 5.78 Å². The van der Waals surface area contributed by atoms with Crippen molar-refractivity contribution in [2.45, 2.75) is 57.2 Å². The molecule has 0 spiro atoms. The van der Waals surface area contributed by atoms with Gasteiger partial charge in [-0.2, -0.15) is 10.5 Å². The first-order valence-electron chi connectivity index (χ1n) is 10.6. The summed E-state index contributed by atoms with van der Waals surface area (Å²) in [5.74, 6) is 6.15. The maximum atomic E-state index is 13.2. The number of hydrogen-bond donors (Lipinski definition) is 1. The first-order chi connectivity index (χ1) is 15.0. The molecule has 0 amide bonds. The van der Waals surface area contributed by atoms with E-state index in [1.165, 1.54) is 0 Å². The zero-order valence-corrected chi connectivity index (χ0v) is 17.5. The lowest BCUT2D eigenvalue weighted by Gasteiger charge is -2.21. The standard InChI is InChI=1S/C25H24N4O2/c1-17-22(25(31)16-28-20-10-11-23(28)24(30)14-20)13-21(5-3-2-4-12-26)29(17)19-8-6-18(15-27)7-9-19/h6-9,13,20,23-24,30H,2,4,10-11,14,16H2,1H3/t20?,23?,24-/m0/s1. The molecule has 31 heavy (non-hydrogen) atoms. The average Bonchev–Trinajstić information content (AvgIpc) is 3.41. The van der Waals surface area contributed by atoms with E-state index in [1.54, 1.807) is 12.1 Å². The number of unbranched alkanes of at least 4 members (excludes halogenated alkanes) is 1. The number of Topliss-reactive ketones (excluding diaryl/α,β-unsaturated/α-hetero) is 1. The van der Waals surface area contributed by atoms with Crippen LogP contribution in [0, 0.1) is 41.4 Å².